The molecule has 1 aromatic carbocycles. The van der Waals surface area contributed by atoms with Gasteiger partial charge in [-0.25, -0.2) is 0 Å². The van der Waals surface area contributed by atoms with Gasteiger partial charge in [-0.15, -0.1) is 0 Å². The highest BCUT2D eigenvalue weighted by Crippen LogP contribution is 2.29. The van der Waals surface area contributed by atoms with Gasteiger partial charge in [-0.05, 0) is 49.3 Å². The first-order valence-electron chi connectivity index (χ1n) is 7.90. The summed E-state index contributed by atoms with van der Waals surface area (Å²) < 4.78 is 5.54. The molecule has 0 radical (unpaired) electrons. The predicted octanol–water partition coefficient (Wildman–Crippen LogP) is 2.67. The Kier molecular flexibility index (Phi) is 4.44. The molecule has 0 aliphatic carbocycles. The zero-order valence-electron chi connectivity index (χ0n) is 12.3. The maximum absolute atomic E-state index is 12.3. The Balaban J connectivity index is 1.50. The zero-order chi connectivity index (χ0) is 14.7. The summed E-state index contributed by atoms with van der Waals surface area (Å²) >= 11 is 0. The summed E-state index contributed by atoms with van der Waals surface area (Å²) in [7, 11) is 0. The molecule has 21 heavy (non-hydrogen) atoms. The van der Waals surface area contributed by atoms with Crippen molar-refractivity contribution >= 4 is 5.91 Å². The Labute approximate surface area is 125 Å². The van der Waals surface area contributed by atoms with Gasteiger partial charge < -0.3 is 14.7 Å². The van der Waals surface area contributed by atoms with E-state index in [1.54, 1.807) is 12.1 Å². The van der Waals surface area contributed by atoms with Crippen molar-refractivity contribution in [1.29, 1.82) is 0 Å². The van der Waals surface area contributed by atoms with Gasteiger partial charge in [0.05, 0.1) is 12.5 Å². The molecule has 1 aromatic rings. The summed E-state index contributed by atoms with van der Waals surface area (Å²) in [6, 6.07) is 7.46. The Morgan fingerprint density at radius 3 is 2.52 bits per heavy atom. The molecule has 2 saturated heterocycles. The molecule has 114 valence electrons. The van der Waals surface area contributed by atoms with Crippen molar-refractivity contribution in [2.45, 2.75) is 44.1 Å². The first-order chi connectivity index (χ1) is 10.2. The van der Waals surface area contributed by atoms with Gasteiger partial charge in [-0.1, -0.05) is 12.1 Å². The molecule has 3 rings (SSSR count). The van der Waals surface area contributed by atoms with Crippen LogP contribution in [0.1, 0.15) is 43.6 Å². The number of hydrogen-bond acceptors (Lipinski definition) is 3. The Hall–Kier alpha value is -1.55. The van der Waals surface area contributed by atoms with E-state index in [0.717, 1.165) is 45.4 Å². The van der Waals surface area contributed by atoms with Crippen molar-refractivity contribution in [1.82, 2.24) is 4.90 Å². The lowest BCUT2D eigenvalue weighted by molar-refractivity contribution is -0.134. The fourth-order valence-electron chi connectivity index (χ4n) is 3.34. The number of ether oxygens (including phenoxy) is 1. The molecule has 2 aliphatic heterocycles. The molecule has 0 aromatic heterocycles. The number of benzene rings is 1. The number of rotatable bonds is 3. The van der Waals surface area contributed by atoms with Crippen molar-refractivity contribution in [2.75, 3.05) is 19.7 Å². The van der Waals surface area contributed by atoms with E-state index in [1.165, 1.54) is 5.56 Å². The normalized spacial score (nSPS) is 23.4. The molecule has 0 bridgehead atoms. The second kappa shape index (κ2) is 6.48. The van der Waals surface area contributed by atoms with E-state index < -0.39 is 0 Å². The molecule has 4 nitrogen and oxygen atoms in total. The van der Waals surface area contributed by atoms with Gasteiger partial charge in [0.1, 0.15) is 5.75 Å². The van der Waals surface area contributed by atoms with Crippen LogP contribution in [0, 0.1) is 0 Å². The second-order valence-electron chi connectivity index (χ2n) is 6.09. The first kappa shape index (κ1) is 14.4. The standard InChI is InChI=1S/C17H23NO3/c19-15-5-3-13(4-6-15)14-7-9-18(10-8-14)17(20)12-16-2-1-11-21-16/h3-6,14,16,19H,1-2,7-12H2. The lowest BCUT2D eigenvalue weighted by Crippen LogP contribution is -2.39. The SMILES string of the molecule is O=C(CC1CCCO1)N1CCC(c2ccc(O)cc2)CC1. The summed E-state index contributed by atoms with van der Waals surface area (Å²) in [6.07, 6.45) is 4.80. The Morgan fingerprint density at radius 2 is 1.90 bits per heavy atom. The van der Waals surface area contributed by atoms with E-state index in [9.17, 15) is 9.90 Å². The van der Waals surface area contributed by atoms with Crippen LogP contribution in [0.5, 0.6) is 5.75 Å². The average Bonchev–Trinajstić information content (AvgIpc) is 3.01. The van der Waals surface area contributed by atoms with E-state index in [1.807, 2.05) is 17.0 Å². The van der Waals surface area contributed by atoms with Crippen LogP contribution in [0.25, 0.3) is 0 Å². The number of amides is 1. The molecule has 2 fully saturated rings. The summed E-state index contributed by atoms with van der Waals surface area (Å²) in [5.41, 5.74) is 1.26. The Bertz CT molecular complexity index is 471. The molecular weight excluding hydrogens is 266 g/mol. The van der Waals surface area contributed by atoms with Crippen LogP contribution < -0.4 is 0 Å². The highest BCUT2D eigenvalue weighted by molar-refractivity contribution is 5.76. The van der Waals surface area contributed by atoms with E-state index in [2.05, 4.69) is 0 Å². The highest BCUT2D eigenvalue weighted by atomic mass is 16.5. The number of likely N-dealkylation sites (tertiary alicyclic amines) is 1. The fraction of sp³-hybridized carbons (Fsp3) is 0.588. The Morgan fingerprint density at radius 1 is 1.19 bits per heavy atom. The fourth-order valence-corrected chi connectivity index (χ4v) is 3.34. The minimum atomic E-state index is 0.146. The molecule has 0 spiro atoms. The molecule has 0 saturated carbocycles. The lowest BCUT2D eigenvalue weighted by atomic mass is 9.89. The van der Waals surface area contributed by atoms with E-state index in [-0.39, 0.29) is 12.0 Å². The van der Waals surface area contributed by atoms with Crippen LogP contribution in [0.4, 0.5) is 0 Å². The number of carbonyl (C=O) groups excluding carboxylic acids is 1. The lowest BCUT2D eigenvalue weighted by Gasteiger charge is -2.32. The van der Waals surface area contributed by atoms with Crippen LogP contribution in [-0.4, -0.2) is 41.7 Å². The molecule has 1 amide bonds. The monoisotopic (exact) mass is 289 g/mol. The number of hydrogen-bond donors (Lipinski definition) is 1. The summed E-state index contributed by atoms with van der Waals surface area (Å²) in [5, 5.41) is 9.34. The number of phenolic OH excluding ortho intramolecular Hbond substituents is 1. The first-order valence-corrected chi connectivity index (χ1v) is 7.90. The summed E-state index contributed by atoms with van der Waals surface area (Å²) in [5.74, 6) is 1.05. The van der Waals surface area contributed by atoms with Crippen molar-refractivity contribution in [2.24, 2.45) is 0 Å². The van der Waals surface area contributed by atoms with Crippen LogP contribution in [-0.2, 0) is 9.53 Å². The van der Waals surface area contributed by atoms with E-state index >= 15 is 0 Å². The number of piperidine rings is 1. The maximum atomic E-state index is 12.3. The maximum Gasteiger partial charge on any atom is 0.225 e. The van der Waals surface area contributed by atoms with Crippen LogP contribution in [0.15, 0.2) is 24.3 Å². The van der Waals surface area contributed by atoms with Crippen molar-refractivity contribution in [3.8, 4) is 5.75 Å². The van der Waals surface area contributed by atoms with Gasteiger partial charge in [0, 0.05) is 19.7 Å². The second-order valence-corrected chi connectivity index (χ2v) is 6.09. The predicted molar refractivity (Wildman–Crippen MR) is 80.3 cm³/mol. The van der Waals surface area contributed by atoms with Gasteiger partial charge in [0.15, 0.2) is 0 Å². The van der Waals surface area contributed by atoms with Crippen LogP contribution in [0.2, 0.25) is 0 Å². The van der Waals surface area contributed by atoms with Gasteiger partial charge in [0.2, 0.25) is 5.91 Å². The molecule has 2 aliphatic rings. The summed E-state index contributed by atoms with van der Waals surface area (Å²) in [4.78, 5) is 14.2. The third-order valence-corrected chi connectivity index (χ3v) is 4.64. The van der Waals surface area contributed by atoms with Crippen molar-refractivity contribution in [3.63, 3.8) is 0 Å². The largest absolute Gasteiger partial charge is 0.508 e. The van der Waals surface area contributed by atoms with Crippen molar-refractivity contribution < 1.29 is 14.6 Å². The molecular formula is C17H23NO3. The van der Waals surface area contributed by atoms with E-state index in [4.69, 9.17) is 4.74 Å². The van der Waals surface area contributed by atoms with Gasteiger partial charge in [-0.2, -0.15) is 0 Å². The van der Waals surface area contributed by atoms with Gasteiger partial charge >= 0.3 is 0 Å². The highest BCUT2D eigenvalue weighted by Gasteiger charge is 2.26. The molecule has 1 unspecified atom stereocenters. The minimum absolute atomic E-state index is 0.146. The smallest absolute Gasteiger partial charge is 0.225 e. The molecule has 1 N–H and O–H groups in total. The van der Waals surface area contributed by atoms with Crippen LogP contribution in [0.3, 0.4) is 0 Å². The van der Waals surface area contributed by atoms with Gasteiger partial charge in [0.25, 0.3) is 0 Å². The third-order valence-electron chi connectivity index (χ3n) is 4.64. The number of aromatic hydroxyl groups is 1. The summed E-state index contributed by atoms with van der Waals surface area (Å²) in [6.45, 7) is 2.47. The van der Waals surface area contributed by atoms with Gasteiger partial charge in [-0.3, -0.25) is 4.79 Å². The van der Waals surface area contributed by atoms with E-state index in [0.29, 0.717) is 18.1 Å². The van der Waals surface area contributed by atoms with Crippen molar-refractivity contribution in [3.05, 3.63) is 29.8 Å². The number of phenols is 1. The zero-order valence-corrected chi connectivity index (χ0v) is 12.3. The minimum Gasteiger partial charge on any atom is -0.508 e. The molecule has 1 atom stereocenters. The molecule has 2 heterocycles. The molecule has 4 heteroatoms. The average molecular weight is 289 g/mol. The van der Waals surface area contributed by atoms with Crippen LogP contribution >= 0.6 is 0 Å². The number of nitrogens with zero attached hydrogens (tertiary/aromatic N) is 1. The number of carbonyl (C=O) groups is 1. The third kappa shape index (κ3) is 3.56. The topological polar surface area (TPSA) is 49.8 Å². The quantitative estimate of drug-likeness (QED) is 0.930.